The molecule has 2 aliphatic rings. The monoisotopic (exact) mass is 221 g/mol. The fraction of sp³-hybridized carbons (Fsp3) is 0.364. The molecule has 0 amide bonds. The molecule has 0 aromatic heterocycles. The standard InChI is InChI=1S/C11H12FN3O/c1-5(2)7-4-8-10(15-11(7)16)13-6(3)9(12)14-8/h4-5H,1-3H3,(H,13,15,16). The molecule has 0 aromatic rings. The van der Waals surface area contributed by atoms with Gasteiger partial charge in [0.2, 0.25) is 5.95 Å². The van der Waals surface area contributed by atoms with Crippen LogP contribution in [0.2, 0.25) is 0 Å². The van der Waals surface area contributed by atoms with Gasteiger partial charge in [0.25, 0.3) is 5.56 Å². The molecule has 1 N–H and O–H groups in total. The molecule has 0 saturated heterocycles. The van der Waals surface area contributed by atoms with E-state index in [0.717, 1.165) is 0 Å². The van der Waals surface area contributed by atoms with Gasteiger partial charge in [-0.25, -0.2) is 4.98 Å². The molecule has 2 aliphatic heterocycles. The van der Waals surface area contributed by atoms with Crippen LogP contribution < -0.4 is 5.56 Å². The molecule has 0 aliphatic carbocycles. The Hall–Kier alpha value is -1.78. The normalized spacial score (nSPS) is 11.3. The summed E-state index contributed by atoms with van der Waals surface area (Å²) in [6.45, 7) is 5.32. The van der Waals surface area contributed by atoms with E-state index in [-0.39, 0.29) is 17.2 Å². The highest BCUT2D eigenvalue weighted by Gasteiger charge is 2.15. The van der Waals surface area contributed by atoms with Gasteiger partial charge >= 0.3 is 0 Å². The summed E-state index contributed by atoms with van der Waals surface area (Å²) in [7, 11) is 0. The van der Waals surface area contributed by atoms with Gasteiger partial charge in [0.1, 0.15) is 5.69 Å². The Labute approximate surface area is 91.9 Å². The lowest BCUT2D eigenvalue weighted by atomic mass is 10.0. The average Bonchev–Trinajstić information content (AvgIpc) is 2.19. The fourth-order valence-electron chi connectivity index (χ4n) is 1.51. The van der Waals surface area contributed by atoms with E-state index in [1.807, 2.05) is 13.8 Å². The van der Waals surface area contributed by atoms with Gasteiger partial charge in [-0.2, -0.15) is 9.37 Å². The molecule has 0 radical (unpaired) electrons. The van der Waals surface area contributed by atoms with Crippen LogP contribution in [-0.2, 0) is 0 Å². The Morgan fingerprint density at radius 2 is 2.06 bits per heavy atom. The lowest BCUT2D eigenvalue weighted by Crippen LogP contribution is -2.17. The van der Waals surface area contributed by atoms with Crippen LogP contribution in [0, 0.1) is 12.9 Å². The Morgan fingerprint density at radius 3 is 2.69 bits per heavy atom. The minimum absolute atomic E-state index is 0.0514. The summed E-state index contributed by atoms with van der Waals surface area (Å²) in [6, 6.07) is 1.59. The number of rotatable bonds is 1. The second kappa shape index (κ2) is 3.66. The van der Waals surface area contributed by atoms with Gasteiger partial charge in [-0.3, -0.25) is 4.79 Å². The van der Waals surface area contributed by atoms with Crippen molar-refractivity contribution >= 4 is 0 Å². The van der Waals surface area contributed by atoms with Crippen LogP contribution in [0.5, 0.6) is 0 Å². The molecular formula is C11H12FN3O. The maximum Gasteiger partial charge on any atom is 0.275 e. The van der Waals surface area contributed by atoms with Crippen molar-refractivity contribution in [1.82, 2.24) is 15.0 Å². The zero-order valence-electron chi connectivity index (χ0n) is 9.34. The van der Waals surface area contributed by atoms with Gasteiger partial charge in [-0.15, -0.1) is 0 Å². The number of hydrogen-bond donors (Lipinski definition) is 1. The maximum absolute atomic E-state index is 13.2. The fourth-order valence-corrected chi connectivity index (χ4v) is 1.51. The average molecular weight is 221 g/mol. The third-order valence-corrected chi connectivity index (χ3v) is 2.45. The van der Waals surface area contributed by atoms with E-state index in [9.17, 15) is 9.18 Å². The SMILES string of the molecule is Cc1[nH]c2nc(=O)c(C(C)C)cc-2nc1F. The Kier molecular flexibility index (Phi) is 2.46. The predicted octanol–water partition coefficient (Wildman–Crippen LogP) is 1.84. The molecule has 0 bridgehead atoms. The van der Waals surface area contributed by atoms with Crippen molar-refractivity contribution in [2.45, 2.75) is 26.7 Å². The molecule has 16 heavy (non-hydrogen) atoms. The number of nitrogens with one attached hydrogen (secondary N) is 1. The van der Waals surface area contributed by atoms with Crippen molar-refractivity contribution in [3.05, 3.63) is 33.6 Å². The van der Waals surface area contributed by atoms with Crippen molar-refractivity contribution in [3.63, 3.8) is 0 Å². The maximum atomic E-state index is 13.2. The number of nitrogens with zero attached hydrogens (tertiary/aromatic N) is 2. The molecule has 2 rings (SSSR count). The minimum Gasteiger partial charge on any atom is -0.338 e. The summed E-state index contributed by atoms with van der Waals surface area (Å²) in [6.07, 6.45) is 0. The number of halogens is 1. The highest BCUT2D eigenvalue weighted by atomic mass is 19.1. The summed E-state index contributed by atoms with van der Waals surface area (Å²) in [5.74, 6) is -0.188. The van der Waals surface area contributed by atoms with Crippen LogP contribution in [0.4, 0.5) is 4.39 Å². The van der Waals surface area contributed by atoms with Crippen molar-refractivity contribution in [2.75, 3.05) is 0 Å². The zero-order chi connectivity index (χ0) is 11.9. The molecule has 0 unspecified atom stereocenters. The molecule has 5 heteroatoms. The highest BCUT2D eigenvalue weighted by molar-refractivity contribution is 5.52. The van der Waals surface area contributed by atoms with Crippen LogP contribution in [0.1, 0.15) is 31.0 Å². The number of fused-ring (bicyclic) bond motifs is 1. The van der Waals surface area contributed by atoms with E-state index in [4.69, 9.17) is 0 Å². The van der Waals surface area contributed by atoms with Crippen LogP contribution in [0.3, 0.4) is 0 Å². The molecule has 0 fully saturated rings. The summed E-state index contributed by atoms with van der Waals surface area (Å²) >= 11 is 0. The van der Waals surface area contributed by atoms with Crippen molar-refractivity contribution in [1.29, 1.82) is 0 Å². The summed E-state index contributed by atoms with van der Waals surface area (Å²) in [4.78, 5) is 22.0. The van der Waals surface area contributed by atoms with E-state index in [1.54, 1.807) is 13.0 Å². The molecule has 0 spiro atoms. The van der Waals surface area contributed by atoms with Gasteiger partial charge in [0.15, 0.2) is 5.82 Å². The summed E-state index contributed by atoms with van der Waals surface area (Å²) in [5.41, 5.74) is 0.923. The number of hydrogen-bond acceptors (Lipinski definition) is 3. The van der Waals surface area contributed by atoms with Crippen molar-refractivity contribution in [3.8, 4) is 11.5 Å². The first-order valence-corrected chi connectivity index (χ1v) is 5.06. The zero-order valence-corrected chi connectivity index (χ0v) is 9.34. The van der Waals surface area contributed by atoms with E-state index >= 15 is 0 Å². The van der Waals surface area contributed by atoms with Gasteiger partial charge in [-0.05, 0) is 18.9 Å². The molecule has 0 atom stereocenters. The summed E-state index contributed by atoms with van der Waals surface area (Å²) in [5, 5.41) is 0. The first-order valence-electron chi connectivity index (χ1n) is 5.06. The minimum atomic E-state index is -0.567. The Morgan fingerprint density at radius 1 is 1.38 bits per heavy atom. The van der Waals surface area contributed by atoms with E-state index in [0.29, 0.717) is 17.1 Å². The molecule has 2 heterocycles. The van der Waals surface area contributed by atoms with Gasteiger partial charge < -0.3 is 4.98 Å². The van der Waals surface area contributed by atoms with E-state index < -0.39 is 5.95 Å². The largest absolute Gasteiger partial charge is 0.338 e. The predicted molar refractivity (Wildman–Crippen MR) is 58.1 cm³/mol. The van der Waals surface area contributed by atoms with Crippen LogP contribution in [-0.4, -0.2) is 15.0 Å². The number of aryl methyl sites for hydroxylation is 1. The first-order chi connectivity index (χ1) is 7.49. The highest BCUT2D eigenvalue weighted by Crippen LogP contribution is 2.18. The molecule has 0 aromatic carbocycles. The molecule has 0 saturated carbocycles. The number of aromatic nitrogens is 3. The Balaban J connectivity index is 2.76. The van der Waals surface area contributed by atoms with Crippen LogP contribution >= 0.6 is 0 Å². The topological polar surface area (TPSA) is 58.6 Å². The summed E-state index contributed by atoms with van der Waals surface area (Å²) < 4.78 is 13.2. The van der Waals surface area contributed by atoms with Crippen LogP contribution in [0.25, 0.3) is 11.5 Å². The molecule has 4 nitrogen and oxygen atoms in total. The third kappa shape index (κ3) is 1.68. The number of H-pyrrole nitrogens is 1. The van der Waals surface area contributed by atoms with Crippen molar-refractivity contribution < 1.29 is 4.39 Å². The smallest absolute Gasteiger partial charge is 0.275 e. The third-order valence-electron chi connectivity index (χ3n) is 2.45. The van der Waals surface area contributed by atoms with Crippen molar-refractivity contribution in [2.24, 2.45) is 0 Å². The molecular weight excluding hydrogens is 209 g/mol. The van der Waals surface area contributed by atoms with Crippen LogP contribution in [0.15, 0.2) is 10.9 Å². The van der Waals surface area contributed by atoms with Gasteiger partial charge in [0, 0.05) is 5.56 Å². The lowest BCUT2D eigenvalue weighted by molar-refractivity contribution is 0.565. The van der Waals surface area contributed by atoms with E-state index in [2.05, 4.69) is 15.0 Å². The van der Waals surface area contributed by atoms with Gasteiger partial charge in [-0.1, -0.05) is 13.8 Å². The Bertz CT molecular complexity index is 562. The number of pyridine rings is 1. The second-order valence-corrected chi connectivity index (χ2v) is 4.06. The second-order valence-electron chi connectivity index (χ2n) is 4.06. The first kappa shape index (κ1) is 10.7. The lowest BCUT2D eigenvalue weighted by Gasteiger charge is -2.09. The van der Waals surface area contributed by atoms with Gasteiger partial charge in [0.05, 0.1) is 5.69 Å². The quantitative estimate of drug-likeness (QED) is 0.799. The number of aromatic amines is 1. The molecule has 84 valence electrons. The van der Waals surface area contributed by atoms with E-state index in [1.165, 1.54) is 0 Å².